The first kappa shape index (κ1) is 11.0. The first-order valence-corrected chi connectivity index (χ1v) is 5.43. The second kappa shape index (κ2) is 4.58. The van der Waals surface area contributed by atoms with E-state index >= 15 is 0 Å². The third-order valence-electron chi connectivity index (χ3n) is 2.36. The minimum Gasteiger partial charge on any atom is -0.265 e. The summed E-state index contributed by atoms with van der Waals surface area (Å²) in [6, 6.07) is 7.44. The number of carbonyl (C=O) groups is 1. The molecular formula is C12H11ClN2O. The van der Waals surface area contributed by atoms with E-state index in [-0.39, 0.29) is 11.9 Å². The number of amides is 1. The molecule has 4 heteroatoms. The lowest BCUT2D eigenvalue weighted by Crippen LogP contribution is -2.10. The SMILES string of the molecule is CC1C=C(Cc2ccc(Cl)cc2)C(=O)N=N1. The summed E-state index contributed by atoms with van der Waals surface area (Å²) < 4.78 is 0. The highest BCUT2D eigenvalue weighted by molar-refractivity contribution is 6.30. The number of azo groups is 1. The van der Waals surface area contributed by atoms with Gasteiger partial charge in [0.1, 0.15) is 0 Å². The molecule has 2 rings (SSSR count). The number of carbonyl (C=O) groups excluding carboxylic acids is 1. The Morgan fingerprint density at radius 3 is 2.69 bits per heavy atom. The second-order valence-electron chi connectivity index (χ2n) is 3.76. The molecule has 1 atom stereocenters. The van der Waals surface area contributed by atoms with Crippen LogP contribution in [0.3, 0.4) is 0 Å². The van der Waals surface area contributed by atoms with E-state index < -0.39 is 0 Å². The van der Waals surface area contributed by atoms with Crippen molar-refractivity contribution in [3.05, 3.63) is 46.5 Å². The number of halogens is 1. The van der Waals surface area contributed by atoms with Crippen molar-refractivity contribution in [2.75, 3.05) is 0 Å². The van der Waals surface area contributed by atoms with Crippen LogP contribution in [-0.2, 0) is 11.2 Å². The molecule has 16 heavy (non-hydrogen) atoms. The number of rotatable bonds is 2. The standard InChI is InChI=1S/C12H11ClN2O/c1-8-6-10(12(16)15-14-8)7-9-2-4-11(13)5-3-9/h2-6,8H,7H2,1H3. The van der Waals surface area contributed by atoms with E-state index in [0.717, 1.165) is 5.56 Å². The van der Waals surface area contributed by atoms with Crippen molar-refractivity contribution < 1.29 is 4.79 Å². The highest BCUT2D eigenvalue weighted by Gasteiger charge is 2.15. The molecule has 0 bridgehead atoms. The Morgan fingerprint density at radius 1 is 1.31 bits per heavy atom. The largest absolute Gasteiger partial charge is 0.291 e. The van der Waals surface area contributed by atoms with Crippen molar-refractivity contribution in [3.8, 4) is 0 Å². The zero-order chi connectivity index (χ0) is 11.5. The van der Waals surface area contributed by atoms with Crippen LogP contribution in [-0.4, -0.2) is 11.9 Å². The summed E-state index contributed by atoms with van der Waals surface area (Å²) in [5.74, 6) is -0.243. The zero-order valence-electron chi connectivity index (χ0n) is 8.85. The number of hydrogen-bond donors (Lipinski definition) is 0. The summed E-state index contributed by atoms with van der Waals surface area (Å²) in [5.41, 5.74) is 1.75. The fraction of sp³-hybridized carbons (Fsp3) is 0.250. The maximum Gasteiger partial charge on any atom is 0.291 e. The Hall–Kier alpha value is -1.48. The highest BCUT2D eigenvalue weighted by Crippen LogP contribution is 2.17. The van der Waals surface area contributed by atoms with Crippen LogP contribution in [0.4, 0.5) is 0 Å². The molecule has 1 amide bonds. The first-order valence-electron chi connectivity index (χ1n) is 5.05. The molecule has 1 aliphatic rings. The lowest BCUT2D eigenvalue weighted by molar-refractivity contribution is -0.115. The van der Waals surface area contributed by atoms with E-state index in [2.05, 4.69) is 10.2 Å². The molecule has 0 N–H and O–H groups in total. The van der Waals surface area contributed by atoms with E-state index in [0.29, 0.717) is 17.0 Å². The summed E-state index contributed by atoms with van der Waals surface area (Å²) in [4.78, 5) is 11.5. The summed E-state index contributed by atoms with van der Waals surface area (Å²) in [6.45, 7) is 1.90. The minimum atomic E-state index is -0.243. The summed E-state index contributed by atoms with van der Waals surface area (Å²) >= 11 is 5.79. The fourth-order valence-corrected chi connectivity index (χ4v) is 1.69. The molecule has 1 heterocycles. The Morgan fingerprint density at radius 2 is 2.00 bits per heavy atom. The van der Waals surface area contributed by atoms with Gasteiger partial charge < -0.3 is 0 Å². The van der Waals surface area contributed by atoms with Gasteiger partial charge in [-0.25, -0.2) is 0 Å². The molecule has 0 radical (unpaired) electrons. The van der Waals surface area contributed by atoms with Gasteiger partial charge in [-0.05, 0) is 30.7 Å². The van der Waals surface area contributed by atoms with Crippen molar-refractivity contribution in [2.24, 2.45) is 10.2 Å². The third kappa shape index (κ3) is 2.55. The number of benzene rings is 1. The van der Waals surface area contributed by atoms with Crippen molar-refractivity contribution >= 4 is 17.5 Å². The monoisotopic (exact) mass is 234 g/mol. The van der Waals surface area contributed by atoms with Gasteiger partial charge in [-0.15, -0.1) is 5.11 Å². The van der Waals surface area contributed by atoms with Crippen LogP contribution in [0, 0.1) is 0 Å². The van der Waals surface area contributed by atoms with Crippen LogP contribution in [0.1, 0.15) is 12.5 Å². The molecule has 1 aromatic carbocycles. The summed E-state index contributed by atoms with van der Waals surface area (Å²) in [7, 11) is 0. The van der Waals surface area contributed by atoms with Crippen molar-refractivity contribution in [1.29, 1.82) is 0 Å². The Kier molecular flexibility index (Phi) is 3.15. The molecule has 3 nitrogen and oxygen atoms in total. The van der Waals surface area contributed by atoms with Crippen LogP contribution >= 0.6 is 11.6 Å². The van der Waals surface area contributed by atoms with E-state index in [4.69, 9.17) is 11.6 Å². The molecular weight excluding hydrogens is 224 g/mol. The van der Waals surface area contributed by atoms with E-state index in [9.17, 15) is 4.79 Å². The third-order valence-corrected chi connectivity index (χ3v) is 2.61. The molecule has 0 spiro atoms. The van der Waals surface area contributed by atoms with E-state index in [1.807, 2.05) is 37.3 Å². The second-order valence-corrected chi connectivity index (χ2v) is 4.19. The molecule has 0 saturated carbocycles. The number of nitrogens with zero attached hydrogens (tertiary/aromatic N) is 2. The molecule has 82 valence electrons. The van der Waals surface area contributed by atoms with Crippen LogP contribution in [0.2, 0.25) is 5.02 Å². The average Bonchev–Trinajstić information content (AvgIpc) is 2.27. The first-order chi connectivity index (χ1) is 7.65. The number of hydrogen-bond acceptors (Lipinski definition) is 2. The normalized spacial score (nSPS) is 19.8. The zero-order valence-corrected chi connectivity index (χ0v) is 9.61. The van der Waals surface area contributed by atoms with Gasteiger partial charge in [0.05, 0.1) is 6.04 Å². The van der Waals surface area contributed by atoms with E-state index in [1.165, 1.54) is 0 Å². The molecule has 0 aliphatic carbocycles. The van der Waals surface area contributed by atoms with Gasteiger partial charge in [0.25, 0.3) is 5.91 Å². The van der Waals surface area contributed by atoms with Crippen molar-refractivity contribution in [1.82, 2.24) is 0 Å². The van der Waals surface area contributed by atoms with Gasteiger partial charge in [-0.2, -0.15) is 5.11 Å². The van der Waals surface area contributed by atoms with Crippen LogP contribution in [0.15, 0.2) is 46.1 Å². The molecule has 1 unspecified atom stereocenters. The average molecular weight is 235 g/mol. The predicted molar refractivity (Wildman–Crippen MR) is 62.6 cm³/mol. The van der Waals surface area contributed by atoms with Crippen molar-refractivity contribution in [3.63, 3.8) is 0 Å². The van der Waals surface area contributed by atoms with Crippen LogP contribution in [0.5, 0.6) is 0 Å². The van der Waals surface area contributed by atoms with Gasteiger partial charge in [0, 0.05) is 17.0 Å². The lowest BCUT2D eigenvalue weighted by atomic mass is 10.0. The summed E-state index contributed by atoms with van der Waals surface area (Å²) in [6.07, 6.45) is 2.43. The Balaban J connectivity index is 2.15. The maximum absolute atomic E-state index is 11.5. The van der Waals surface area contributed by atoms with Crippen LogP contribution < -0.4 is 0 Å². The molecule has 0 saturated heterocycles. The minimum absolute atomic E-state index is 0.0139. The maximum atomic E-state index is 11.5. The van der Waals surface area contributed by atoms with Crippen molar-refractivity contribution in [2.45, 2.75) is 19.4 Å². The van der Waals surface area contributed by atoms with Gasteiger partial charge >= 0.3 is 0 Å². The van der Waals surface area contributed by atoms with Crippen LogP contribution in [0.25, 0.3) is 0 Å². The quantitative estimate of drug-likeness (QED) is 0.775. The smallest absolute Gasteiger partial charge is 0.265 e. The van der Waals surface area contributed by atoms with Gasteiger partial charge in [0.15, 0.2) is 0 Å². The topological polar surface area (TPSA) is 41.8 Å². The molecule has 1 aliphatic heterocycles. The Bertz CT molecular complexity index is 462. The molecule has 0 aromatic heterocycles. The molecule has 1 aromatic rings. The fourth-order valence-electron chi connectivity index (χ4n) is 1.56. The van der Waals surface area contributed by atoms with Gasteiger partial charge in [0.2, 0.25) is 0 Å². The lowest BCUT2D eigenvalue weighted by Gasteiger charge is -2.09. The summed E-state index contributed by atoms with van der Waals surface area (Å²) in [5, 5.41) is 8.09. The Labute approximate surface area is 98.8 Å². The van der Waals surface area contributed by atoms with Gasteiger partial charge in [-0.1, -0.05) is 23.7 Å². The van der Waals surface area contributed by atoms with Gasteiger partial charge in [-0.3, -0.25) is 4.79 Å². The predicted octanol–water partition coefficient (Wildman–Crippen LogP) is 3.19. The highest BCUT2D eigenvalue weighted by atomic mass is 35.5. The van der Waals surface area contributed by atoms with E-state index in [1.54, 1.807) is 0 Å². The molecule has 0 fully saturated rings.